The van der Waals surface area contributed by atoms with Crippen molar-refractivity contribution in [2.75, 3.05) is 19.7 Å². The van der Waals surface area contributed by atoms with Crippen LogP contribution < -0.4 is 0 Å². The number of nitriles is 1. The van der Waals surface area contributed by atoms with Crippen LogP contribution in [0.3, 0.4) is 0 Å². The fourth-order valence-electron chi connectivity index (χ4n) is 6.10. The van der Waals surface area contributed by atoms with E-state index in [0.717, 1.165) is 69.1 Å². The highest BCUT2D eigenvalue weighted by molar-refractivity contribution is 5.85. The normalized spacial score (nSPS) is 21.4. The van der Waals surface area contributed by atoms with Crippen LogP contribution in [-0.2, 0) is 27.3 Å². The summed E-state index contributed by atoms with van der Waals surface area (Å²) >= 11 is 0. The first-order valence-corrected chi connectivity index (χ1v) is 13.3. The summed E-state index contributed by atoms with van der Waals surface area (Å²) in [5, 5.41) is 10.4. The van der Waals surface area contributed by atoms with Gasteiger partial charge in [0.1, 0.15) is 6.04 Å². The van der Waals surface area contributed by atoms with Crippen molar-refractivity contribution in [3.8, 4) is 6.07 Å². The number of fused-ring (bicyclic) bond motifs is 1. The zero-order chi connectivity index (χ0) is 24.9. The number of rotatable bonds is 9. The summed E-state index contributed by atoms with van der Waals surface area (Å²) in [4.78, 5) is 30.4. The highest BCUT2D eigenvalue weighted by Gasteiger charge is 2.42. The molecule has 1 aromatic heterocycles. The highest BCUT2D eigenvalue weighted by Crippen LogP contribution is 2.30. The van der Waals surface area contributed by atoms with Gasteiger partial charge in [0.25, 0.3) is 0 Å². The summed E-state index contributed by atoms with van der Waals surface area (Å²) in [6.07, 6.45) is 6.28. The van der Waals surface area contributed by atoms with E-state index < -0.39 is 0 Å². The van der Waals surface area contributed by atoms with Gasteiger partial charge < -0.3 is 14.2 Å². The maximum absolute atomic E-state index is 13.7. The molecule has 7 heteroatoms. The standard InChI is InChI=1S/C28H38N4O3/c1-4-24(28(34)35-6-3)32-16-8-10-25(32)27(33)31-15-7-9-22(31)13-14-23-18-21-12-11-20(19-29)17-26(21)30(23)5-2/h11-12,17-18,22,24-25H,4-10,13-16H2,1-3H3/t22-,24?,25+/m0/s1. The van der Waals surface area contributed by atoms with E-state index >= 15 is 0 Å². The Hall–Kier alpha value is -2.85. The third kappa shape index (κ3) is 5.08. The van der Waals surface area contributed by atoms with Gasteiger partial charge in [-0.15, -0.1) is 0 Å². The van der Waals surface area contributed by atoms with Crippen molar-refractivity contribution in [1.29, 1.82) is 5.26 Å². The minimum atomic E-state index is -0.342. The summed E-state index contributed by atoms with van der Waals surface area (Å²) in [6.45, 7) is 8.74. The first kappa shape index (κ1) is 25.2. The lowest BCUT2D eigenvalue weighted by Crippen LogP contribution is -2.52. The average molecular weight is 479 g/mol. The van der Waals surface area contributed by atoms with Gasteiger partial charge in [-0.05, 0) is 88.9 Å². The van der Waals surface area contributed by atoms with Crippen molar-refractivity contribution in [3.63, 3.8) is 0 Å². The molecule has 4 rings (SSSR count). The molecule has 0 spiro atoms. The molecule has 2 fully saturated rings. The van der Waals surface area contributed by atoms with Gasteiger partial charge >= 0.3 is 5.97 Å². The predicted molar refractivity (Wildman–Crippen MR) is 136 cm³/mol. The van der Waals surface area contributed by atoms with Crippen LogP contribution in [0.5, 0.6) is 0 Å². The van der Waals surface area contributed by atoms with E-state index in [-0.39, 0.29) is 30.0 Å². The molecule has 0 bridgehead atoms. The Morgan fingerprint density at radius 1 is 1.14 bits per heavy atom. The monoisotopic (exact) mass is 478 g/mol. The second-order valence-electron chi connectivity index (χ2n) is 9.70. The van der Waals surface area contributed by atoms with Crippen LogP contribution in [0.2, 0.25) is 0 Å². The Bertz CT molecular complexity index is 1100. The quantitative estimate of drug-likeness (QED) is 0.503. The van der Waals surface area contributed by atoms with Crippen molar-refractivity contribution in [1.82, 2.24) is 14.4 Å². The second kappa shape index (κ2) is 11.3. The van der Waals surface area contributed by atoms with Gasteiger partial charge in [0.05, 0.1) is 24.3 Å². The number of aryl methyl sites for hydroxylation is 2. The van der Waals surface area contributed by atoms with E-state index in [4.69, 9.17) is 4.74 Å². The molecule has 0 N–H and O–H groups in total. The number of ether oxygens (including phenoxy) is 1. The second-order valence-corrected chi connectivity index (χ2v) is 9.70. The van der Waals surface area contributed by atoms with Gasteiger partial charge in [-0.1, -0.05) is 13.0 Å². The summed E-state index contributed by atoms with van der Waals surface area (Å²) in [7, 11) is 0. The van der Waals surface area contributed by atoms with E-state index in [0.29, 0.717) is 18.6 Å². The number of hydrogen-bond acceptors (Lipinski definition) is 5. The van der Waals surface area contributed by atoms with Crippen LogP contribution in [0.25, 0.3) is 10.9 Å². The van der Waals surface area contributed by atoms with Crippen LogP contribution in [0.15, 0.2) is 24.3 Å². The molecule has 1 unspecified atom stereocenters. The smallest absolute Gasteiger partial charge is 0.323 e. The molecule has 1 aromatic carbocycles. The first-order chi connectivity index (χ1) is 17.0. The van der Waals surface area contributed by atoms with E-state index in [1.807, 2.05) is 32.0 Å². The molecule has 7 nitrogen and oxygen atoms in total. The Kier molecular flexibility index (Phi) is 8.12. The van der Waals surface area contributed by atoms with E-state index in [1.165, 1.54) is 5.69 Å². The number of benzene rings is 1. The third-order valence-corrected chi connectivity index (χ3v) is 7.75. The van der Waals surface area contributed by atoms with Crippen molar-refractivity contribution in [2.45, 2.75) is 90.4 Å². The number of nitrogens with zero attached hydrogens (tertiary/aromatic N) is 4. The lowest BCUT2D eigenvalue weighted by atomic mass is 10.0. The first-order valence-electron chi connectivity index (χ1n) is 13.3. The molecule has 2 aromatic rings. The molecule has 35 heavy (non-hydrogen) atoms. The summed E-state index contributed by atoms with van der Waals surface area (Å²) in [5.41, 5.74) is 3.04. The average Bonchev–Trinajstić information content (AvgIpc) is 3.60. The zero-order valence-electron chi connectivity index (χ0n) is 21.3. The SMILES string of the molecule is CCOC(=O)C(CC)N1CCC[C@@H]1C(=O)N1CCC[C@H]1CCc1cc2ccc(C#N)cc2n1CC. The van der Waals surface area contributed by atoms with Crippen LogP contribution in [0.4, 0.5) is 0 Å². The molecule has 1 amide bonds. The maximum Gasteiger partial charge on any atom is 0.323 e. The molecule has 3 atom stereocenters. The Balaban J connectivity index is 1.46. The summed E-state index contributed by atoms with van der Waals surface area (Å²) in [5.74, 6) is -0.0259. The number of hydrogen-bond donors (Lipinski definition) is 0. The summed E-state index contributed by atoms with van der Waals surface area (Å²) < 4.78 is 7.60. The molecule has 2 aliphatic rings. The fraction of sp³-hybridized carbons (Fsp3) is 0.607. The fourth-order valence-corrected chi connectivity index (χ4v) is 6.10. The molecule has 0 saturated carbocycles. The molecule has 0 radical (unpaired) electrons. The van der Waals surface area contributed by atoms with Crippen molar-refractivity contribution in [2.24, 2.45) is 0 Å². The number of carbonyl (C=O) groups excluding carboxylic acids is 2. The molecular formula is C28H38N4O3. The largest absolute Gasteiger partial charge is 0.465 e. The molecular weight excluding hydrogens is 440 g/mol. The minimum Gasteiger partial charge on any atom is -0.465 e. The topological polar surface area (TPSA) is 78.6 Å². The molecule has 3 heterocycles. The van der Waals surface area contributed by atoms with Gasteiger partial charge in [0, 0.05) is 30.3 Å². The van der Waals surface area contributed by atoms with Gasteiger partial charge in [-0.2, -0.15) is 5.26 Å². The number of aromatic nitrogens is 1. The van der Waals surface area contributed by atoms with Gasteiger partial charge in [0.15, 0.2) is 0 Å². The van der Waals surface area contributed by atoms with Crippen LogP contribution in [0, 0.1) is 11.3 Å². The van der Waals surface area contributed by atoms with Crippen LogP contribution in [0.1, 0.15) is 70.6 Å². The zero-order valence-corrected chi connectivity index (χ0v) is 21.3. The Morgan fingerprint density at radius 2 is 1.94 bits per heavy atom. The lowest BCUT2D eigenvalue weighted by molar-refractivity contribution is -0.152. The number of carbonyl (C=O) groups is 2. The van der Waals surface area contributed by atoms with Crippen LogP contribution in [-0.4, -0.2) is 64.1 Å². The number of likely N-dealkylation sites (tertiary alicyclic amines) is 2. The van der Waals surface area contributed by atoms with Gasteiger partial charge in [-0.25, -0.2) is 0 Å². The van der Waals surface area contributed by atoms with Crippen LogP contribution >= 0.6 is 0 Å². The van der Waals surface area contributed by atoms with Gasteiger partial charge in [0.2, 0.25) is 5.91 Å². The van der Waals surface area contributed by atoms with Crippen molar-refractivity contribution >= 4 is 22.8 Å². The lowest BCUT2D eigenvalue weighted by Gasteiger charge is -2.34. The number of amides is 1. The van der Waals surface area contributed by atoms with Crippen molar-refractivity contribution < 1.29 is 14.3 Å². The Morgan fingerprint density at radius 3 is 2.66 bits per heavy atom. The summed E-state index contributed by atoms with van der Waals surface area (Å²) in [6, 6.07) is 9.99. The van der Waals surface area contributed by atoms with E-state index in [1.54, 1.807) is 0 Å². The predicted octanol–water partition coefficient (Wildman–Crippen LogP) is 4.26. The molecule has 188 valence electrons. The molecule has 2 saturated heterocycles. The van der Waals surface area contributed by atoms with E-state index in [9.17, 15) is 14.9 Å². The van der Waals surface area contributed by atoms with Crippen molar-refractivity contribution in [3.05, 3.63) is 35.5 Å². The highest BCUT2D eigenvalue weighted by atomic mass is 16.5. The molecule has 2 aliphatic heterocycles. The minimum absolute atomic E-state index is 0.183. The van der Waals surface area contributed by atoms with Gasteiger partial charge in [-0.3, -0.25) is 14.5 Å². The third-order valence-electron chi connectivity index (χ3n) is 7.75. The van der Waals surface area contributed by atoms with E-state index in [2.05, 4.69) is 33.4 Å². The molecule has 0 aliphatic carbocycles. The number of esters is 1. The maximum atomic E-state index is 13.7. The Labute approximate surface area is 208 Å².